The molecule has 1 aromatic carbocycles. The van der Waals surface area contributed by atoms with Gasteiger partial charge in [-0.3, -0.25) is 4.79 Å². The normalized spacial score (nSPS) is 15.5. The lowest BCUT2D eigenvalue weighted by atomic mass is 10.1. The molecule has 0 atom stereocenters. The third-order valence-corrected chi connectivity index (χ3v) is 4.57. The van der Waals surface area contributed by atoms with Gasteiger partial charge in [0.1, 0.15) is 0 Å². The van der Waals surface area contributed by atoms with Crippen LogP contribution in [-0.2, 0) is 6.42 Å². The van der Waals surface area contributed by atoms with Crippen molar-refractivity contribution in [1.82, 2.24) is 25.6 Å². The lowest BCUT2D eigenvalue weighted by Crippen LogP contribution is -2.29. The van der Waals surface area contributed by atoms with Crippen molar-refractivity contribution in [3.63, 3.8) is 0 Å². The molecule has 0 bridgehead atoms. The van der Waals surface area contributed by atoms with Gasteiger partial charge in [-0.2, -0.15) is 0 Å². The lowest BCUT2D eigenvalue weighted by molar-refractivity contribution is 0.0949. The van der Waals surface area contributed by atoms with Crippen molar-refractivity contribution in [2.75, 3.05) is 19.6 Å². The van der Waals surface area contributed by atoms with Crippen LogP contribution in [0.5, 0.6) is 0 Å². The fraction of sp³-hybridized carbons (Fsp3) is 0.438. The van der Waals surface area contributed by atoms with E-state index in [-0.39, 0.29) is 5.91 Å². The van der Waals surface area contributed by atoms with Crippen LogP contribution in [0.15, 0.2) is 34.9 Å². The van der Waals surface area contributed by atoms with Gasteiger partial charge >= 0.3 is 0 Å². The molecule has 0 unspecified atom stereocenters. The van der Waals surface area contributed by atoms with Crippen LogP contribution in [0, 0.1) is 0 Å². The minimum Gasteiger partial charge on any atom is -0.350 e. The van der Waals surface area contributed by atoms with E-state index >= 15 is 0 Å². The van der Waals surface area contributed by atoms with Crippen molar-refractivity contribution in [3.8, 4) is 0 Å². The molecule has 2 aromatic rings. The molecule has 0 spiro atoms. The van der Waals surface area contributed by atoms with Gasteiger partial charge in [0.15, 0.2) is 5.69 Å². The second-order valence-corrected chi connectivity index (χ2v) is 6.61. The summed E-state index contributed by atoms with van der Waals surface area (Å²) in [7, 11) is 0. The molecule has 1 aliphatic heterocycles. The molecule has 1 aliphatic rings. The summed E-state index contributed by atoms with van der Waals surface area (Å²) in [6, 6.07) is 8.43. The Morgan fingerprint density at radius 1 is 1.30 bits per heavy atom. The Hall–Kier alpha value is -1.73. The third-order valence-electron chi connectivity index (χ3n) is 4.04. The molecule has 6 nitrogen and oxygen atoms in total. The Morgan fingerprint density at radius 2 is 2.04 bits per heavy atom. The minimum absolute atomic E-state index is 0.165. The van der Waals surface area contributed by atoms with Gasteiger partial charge in [-0.1, -0.05) is 33.3 Å². The van der Waals surface area contributed by atoms with E-state index in [0.29, 0.717) is 18.3 Å². The van der Waals surface area contributed by atoms with Crippen LogP contribution < -0.4 is 10.6 Å². The van der Waals surface area contributed by atoms with Gasteiger partial charge in [0.2, 0.25) is 0 Å². The highest BCUT2D eigenvalue weighted by molar-refractivity contribution is 9.10. The Balaban J connectivity index is 1.50. The molecule has 1 saturated heterocycles. The van der Waals surface area contributed by atoms with E-state index < -0.39 is 0 Å². The molecular formula is C16H20BrN5O. The van der Waals surface area contributed by atoms with Crippen molar-refractivity contribution in [2.45, 2.75) is 25.3 Å². The topological polar surface area (TPSA) is 71.8 Å². The molecule has 0 radical (unpaired) electrons. The second-order valence-electron chi connectivity index (χ2n) is 5.70. The van der Waals surface area contributed by atoms with Gasteiger partial charge < -0.3 is 10.6 Å². The number of halogens is 1. The molecule has 3 rings (SSSR count). The standard InChI is InChI=1S/C16H20BrN5O/c17-13-3-1-12(2-4-13)5-10-19-16(23)15-11-22(21-20-15)14-6-8-18-9-7-14/h1-4,11,14,18H,5-10H2,(H,19,23). The number of aromatic nitrogens is 3. The fourth-order valence-electron chi connectivity index (χ4n) is 2.69. The second kappa shape index (κ2) is 7.70. The highest BCUT2D eigenvalue weighted by Gasteiger charge is 2.18. The lowest BCUT2D eigenvalue weighted by Gasteiger charge is -2.22. The first-order chi connectivity index (χ1) is 11.2. The van der Waals surface area contributed by atoms with Crippen molar-refractivity contribution < 1.29 is 4.79 Å². The molecule has 1 fully saturated rings. The van der Waals surface area contributed by atoms with Crippen LogP contribution in [0.2, 0.25) is 0 Å². The summed E-state index contributed by atoms with van der Waals surface area (Å²) in [5.74, 6) is -0.165. The Bertz CT molecular complexity index is 649. The first kappa shape index (κ1) is 16.1. The van der Waals surface area contributed by atoms with E-state index in [1.165, 1.54) is 5.56 Å². The number of hydrogen-bond acceptors (Lipinski definition) is 4. The predicted molar refractivity (Wildman–Crippen MR) is 91.3 cm³/mol. The molecule has 1 aromatic heterocycles. The smallest absolute Gasteiger partial charge is 0.273 e. The van der Waals surface area contributed by atoms with Crippen LogP contribution >= 0.6 is 15.9 Å². The average Bonchev–Trinajstić information content (AvgIpc) is 3.07. The van der Waals surface area contributed by atoms with Crippen LogP contribution in [-0.4, -0.2) is 40.5 Å². The largest absolute Gasteiger partial charge is 0.350 e. The molecule has 1 amide bonds. The number of carbonyl (C=O) groups excluding carboxylic acids is 1. The first-order valence-electron chi connectivity index (χ1n) is 7.87. The number of nitrogens with one attached hydrogen (secondary N) is 2. The molecule has 0 aliphatic carbocycles. The van der Waals surface area contributed by atoms with E-state index in [4.69, 9.17) is 0 Å². The zero-order chi connectivity index (χ0) is 16.1. The van der Waals surface area contributed by atoms with E-state index in [2.05, 4.69) is 36.9 Å². The minimum atomic E-state index is -0.165. The van der Waals surface area contributed by atoms with Crippen LogP contribution in [0.4, 0.5) is 0 Å². The fourth-order valence-corrected chi connectivity index (χ4v) is 2.96. The van der Waals surface area contributed by atoms with Gasteiger partial charge in [-0.25, -0.2) is 4.68 Å². The SMILES string of the molecule is O=C(NCCc1ccc(Br)cc1)c1cn(C2CCNCC2)nn1. The summed E-state index contributed by atoms with van der Waals surface area (Å²) in [6.45, 7) is 2.55. The molecular weight excluding hydrogens is 358 g/mol. The van der Waals surface area contributed by atoms with Crippen molar-refractivity contribution in [3.05, 3.63) is 46.2 Å². The van der Waals surface area contributed by atoms with Crippen LogP contribution in [0.3, 0.4) is 0 Å². The van der Waals surface area contributed by atoms with Gasteiger partial charge in [0.25, 0.3) is 5.91 Å². The maximum absolute atomic E-state index is 12.1. The number of benzene rings is 1. The summed E-state index contributed by atoms with van der Waals surface area (Å²) >= 11 is 3.41. The monoisotopic (exact) mass is 377 g/mol. The van der Waals surface area contributed by atoms with E-state index in [0.717, 1.165) is 36.8 Å². The summed E-state index contributed by atoms with van der Waals surface area (Å²) in [6.07, 6.45) is 4.59. The van der Waals surface area contributed by atoms with E-state index in [1.807, 2.05) is 28.9 Å². The maximum atomic E-state index is 12.1. The molecule has 7 heteroatoms. The summed E-state index contributed by atoms with van der Waals surface area (Å²) in [5, 5.41) is 14.3. The predicted octanol–water partition coefficient (Wildman–Crippen LogP) is 1.94. The average molecular weight is 378 g/mol. The quantitative estimate of drug-likeness (QED) is 0.834. The number of amides is 1. The summed E-state index contributed by atoms with van der Waals surface area (Å²) < 4.78 is 2.88. The Kier molecular flexibility index (Phi) is 5.40. The highest BCUT2D eigenvalue weighted by atomic mass is 79.9. The van der Waals surface area contributed by atoms with Gasteiger partial charge in [0.05, 0.1) is 12.2 Å². The number of hydrogen-bond donors (Lipinski definition) is 2. The molecule has 2 heterocycles. The molecule has 23 heavy (non-hydrogen) atoms. The number of rotatable bonds is 5. The van der Waals surface area contributed by atoms with Crippen molar-refractivity contribution in [1.29, 1.82) is 0 Å². The molecule has 122 valence electrons. The maximum Gasteiger partial charge on any atom is 0.273 e. The summed E-state index contributed by atoms with van der Waals surface area (Å²) in [4.78, 5) is 12.1. The van der Waals surface area contributed by atoms with Crippen molar-refractivity contribution >= 4 is 21.8 Å². The Labute approximate surface area is 143 Å². The highest BCUT2D eigenvalue weighted by Crippen LogP contribution is 2.17. The van der Waals surface area contributed by atoms with E-state index in [1.54, 1.807) is 6.20 Å². The van der Waals surface area contributed by atoms with Crippen LogP contribution in [0.1, 0.15) is 34.9 Å². The van der Waals surface area contributed by atoms with E-state index in [9.17, 15) is 4.79 Å². The van der Waals surface area contributed by atoms with Gasteiger partial charge in [-0.15, -0.1) is 5.10 Å². The third kappa shape index (κ3) is 4.39. The molecule has 0 saturated carbocycles. The van der Waals surface area contributed by atoms with Gasteiger partial charge in [0, 0.05) is 11.0 Å². The van der Waals surface area contributed by atoms with Gasteiger partial charge in [-0.05, 0) is 50.0 Å². The number of carbonyl (C=O) groups is 1. The Morgan fingerprint density at radius 3 is 2.78 bits per heavy atom. The first-order valence-corrected chi connectivity index (χ1v) is 8.67. The number of nitrogens with zero attached hydrogens (tertiary/aromatic N) is 3. The zero-order valence-electron chi connectivity index (χ0n) is 12.8. The molecule has 2 N–H and O–H groups in total. The number of piperidine rings is 1. The van der Waals surface area contributed by atoms with Crippen molar-refractivity contribution in [2.24, 2.45) is 0 Å². The zero-order valence-corrected chi connectivity index (χ0v) is 14.4. The summed E-state index contributed by atoms with van der Waals surface area (Å²) in [5.41, 5.74) is 1.58. The van der Waals surface area contributed by atoms with Crippen LogP contribution in [0.25, 0.3) is 0 Å².